The SMILES string of the molecule is O=C(c1ccccc1OC[C@@H](O)CN1CCC2(CC1)Oc1ccccc1[C@@H]2Cl)N1CC[C@H](O)C1. The van der Waals surface area contributed by atoms with Crippen LogP contribution in [0.25, 0.3) is 0 Å². The van der Waals surface area contributed by atoms with Gasteiger partial charge < -0.3 is 29.5 Å². The molecule has 2 N–H and O–H groups in total. The van der Waals surface area contributed by atoms with Crippen LogP contribution in [0.3, 0.4) is 0 Å². The second-order valence-corrected chi connectivity index (χ2v) is 9.96. The molecule has 3 aliphatic rings. The zero-order valence-electron chi connectivity index (χ0n) is 19.1. The number of piperidine rings is 1. The van der Waals surface area contributed by atoms with E-state index < -0.39 is 12.2 Å². The molecule has 182 valence electrons. The van der Waals surface area contributed by atoms with Crippen LogP contribution in [0.15, 0.2) is 48.5 Å². The first-order chi connectivity index (χ1) is 16.4. The Labute approximate surface area is 204 Å². The maximum atomic E-state index is 12.8. The second kappa shape index (κ2) is 9.74. The van der Waals surface area contributed by atoms with E-state index in [2.05, 4.69) is 4.90 Å². The molecule has 5 rings (SSSR count). The summed E-state index contributed by atoms with van der Waals surface area (Å²) in [5, 5.41) is 20.2. The number of aliphatic hydroxyl groups excluding tert-OH is 2. The van der Waals surface area contributed by atoms with Gasteiger partial charge in [0.15, 0.2) is 0 Å². The molecule has 8 heteroatoms. The van der Waals surface area contributed by atoms with E-state index >= 15 is 0 Å². The van der Waals surface area contributed by atoms with Crippen molar-refractivity contribution in [3.05, 3.63) is 59.7 Å². The molecule has 2 aromatic carbocycles. The molecule has 0 bridgehead atoms. The molecule has 3 atom stereocenters. The van der Waals surface area contributed by atoms with Crippen molar-refractivity contribution in [2.75, 3.05) is 39.3 Å². The van der Waals surface area contributed by atoms with Gasteiger partial charge >= 0.3 is 0 Å². The first-order valence-electron chi connectivity index (χ1n) is 12.0. The summed E-state index contributed by atoms with van der Waals surface area (Å²) < 4.78 is 12.2. The van der Waals surface area contributed by atoms with Gasteiger partial charge in [0, 0.05) is 51.1 Å². The number of carbonyl (C=O) groups is 1. The Bertz CT molecular complexity index is 1030. The maximum Gasteiger partial charge on any atom is 0.257 e. The number of halogens is 1. The van der Waals surface area contributed by atoms with Gasteiger partial charge in [0.2, 0.25) is 0 Å². The summed E-state index contributed by atoms with van der Waals surface area (Å²) in [5.74, 6) is 1.17. The van der Waals surface area contributed by atoms with Gasteiger partial charge in [-0.2, -0.15) is 0 Å². The topological polar surface area (TPSA) is 82.5 Å². The van der Waals surface area contributed by atoms with Gasteiger partial charge in [0.25, 0.3) is 5.91 Å². The quantitative estimate of drug-likeness (QED) is 0.611. The summed E-state index contributed by atoms with van der Waals surface area (Å²) in [6, 6.07) is 15.0. The number of ether oxygens (including phenoxy) is 2. The van der Waals surface area contributed by atoms with E-state index in [0.717, 1.165) is 37.2 Å². The Morgan fingerprint density at radius 3 is 2.62 bits per heavy atom. The summed E-state index contributed by atoms with van der Waals surface area (Å²) in [6.07, 6.45) is 1.01. The highest BCUT2D eigenvalue weighted by atomic mass is 35.5. The number of para-hydroxylation sites is 2. The fraction of sp³-hybridized carbons (Fsp3) is 0.500. The number of carbonyl (C=O) groups excluding carboxylic acids is 1. The third kappa shape index (κ3) is 4.62. The number of aliphatic hydroxyl groups is 2. The molecule has 0 unspecified atom stereocenters. The molecule has 0 radical (unpaired) electrons. The smallest absolute Gasteiger partial charge is 0.257 e. The van der Waals surface area contributed by atoms with E-state index in [1.54, 1.807) is 23.1 Å². The number of rotatable bonds is 6. The normalized spacial score (nSPS) is 24.6. The first-order valence-corrected chi connectivity index (χ1v) is 12.4. The monoisotopic (exact) mass is 486 g/mol. The molecule has 0 saturated carbocycles. The zero-order chi connectivity index (χ0) is 23.7. The lowest BCUT2D eigenvalue weighted by atomic mass is 9.86. The molecule has 0 aliphatic carbocycles. The predicted octanol–water partition coefficient (Wildman–Crippen LogP) is 2.84. The van der Waals surface area contributed by atoms with Crippen LogP contribution < -0.4 is 9.47 Å². The Hall–Kier alpha value is -2.32. The third-order valence-electron chi connectivity index (χ3n) is 7.14. The number of benzene rings is 2. The molecule has 2 fully saturated rings. The highest BCUT2D eigenvalue weighted by Gasteiger charge is 2.49. The number of hydrogen-bond acceptors (Lipinski definition) is 6. The molecule has 2 aromatic rings. The average molecular weight is 487 g/mol. The molecule has 3 aliphatic heterocycles. The van der Waals surface area contributed by atoms with E-state index in [1.807, 2.05) is 30.3 Å². The molecule has 1 amide bonds. The van der Waals surface area contributed by atoms with Gasteiger partial charge in [-0.3, -0.25) is 4.79 Å². The van der Waals surface area contributed by atoms with Gasteiger partial charge in [0.05, 0.1) is 11.7 Å². The zero-order valence-corrected chi connectivity index (χ0v) is 19.9. The van der Waals surface area contributed by atoms with Gasteiger partial charge in [-0.15, -0.1) is 11.6 Å². The summed E-state index contributed by atoms with van der Waals surface area (Å²) in [5.41, 5.74) is 1.13. The lowest BCUT2D eigenvalue weighted by Gasteiger charge is -2.40. The minimum atomic E-state index is -0.695. The van der Waals surface area contributed by atoms with Crippen LogP contribution in [-0.2, 0) is 0 Å². The molecule has 34 heavy (non-hydrogen) atoms. The van der Waals surface area contributed by atoms with Crippen molar-refractivity contribution in [3.63, 3.8) is 0 Å². The van der Waals surface area contributed by atoms with Crippen LogP contribution in [-0.4, -0.2) is 83.1 Å². The van der Waals surface area contributed by atoms with Gasteiger partial charge in [-0.1, -0.05) is 30.3 Å². The van der Waals surface area contributed by atoms with E-state index in [9.17, 15) is 15.0 Å². The summed E-state index contributed by atoms with van der Waals surface area (Å²) in [6.45, 7) is 3.00. The van der Waals surface area contributed by atoms with Crippen molar-refractivity contribution in [2.45, 2.75) is 42.4 Å². The van der Waals surface area contributed by atoms with Crippen molar-refractivity contribution in [1.82, 2.24) is 9.80 Å². The summed E-state index contributed by atoms with van der Waals surface area (Å²) >= 11 is 6.79. The van der Waals surface area contributed by atoms with E-state index in [0.29, 0.717) is 37.4 Å². The number of alkyl halides is 1. The third-order valence-corrected chi connectivity index (χ3v) is 7.77. The second-order valence-electron chi connectivity index (χ2n) is 9.52. The number of hydrogen-bond donors (Lipinski definition) is 2. The fourth-order valence-corrected chi connectivity index (χ4v) is 5.65. The van der Waals surface area contributed by atoms with Crippen LogP contribution in [0.1, 0.15) is 40.6 Å². The molecule has 1 spiro atoms. The van der Waals surface area contributed by atoms with Gasteiger partial charge in [-0.05, 0) is 24.6 Å². The maximum absolute atomic E-state index is 12.8. The highest BCUT2D eigenvalue weighted by Crippen LogP contribution is 2.51. The summed E-state index contributed by atoms with van der Waals surface area (Å²) in [4.78, 5) is 16.7. The molecule has 3 heterocycles. The number of β-amino-alcohol motifs (C(OH)–C–C–N with tert-alkyl or cyclic N) is 2. The standard InChI is InChI=1S/C26H31ClN2O5/c27-24-20-5-1-4-8-23(20)34-26(24)10-13-28(14-11-26)15-19(31)17-33-22-7-3-2-6-21(22)25(32)29-12-9-18(30)16-29/h1-8,18-19,24,30-31H,9-17H2/t18-,19-,24-/m0/s1. The number of likely N-dealkylation sites (tertiary alicyclic amines) is 2. The number of amides is 1. The van der Waals surface area contributed by atoms with E-state index in [4.69, 9.17) is 21.1 Å². The minimum Gasteiger partial charge on any atom is -0.490 e. The number of nitrogens with zero attached hydrogens (tertiary/aromatic N) is 2. The van der Waals surface area contributed by atoms with Crippen molar-refractivity contribution in [3.8, 4) is 11.5 Å². The molecular formula is C26H31ClN2O5. The van der Waals surface area contributed by atoms with Gasteiger partial charge in [0.1, 0.15) is 35.2 Å². The Morgan fingerprint density at radius 2 is 1.88 bits per heavy atom. The lowest BCUT2D eigenvalue weighted by Crippen LogP contribution is -2.50. The Kier molecular flexibility index (Phi) is 6.71. The lowest BCUT2D eigenvalue weighted by molar-refractivity contribution is -0.00448. The minimum absolute atomic E-state index is 0.0919. The van der Waals surface area contributed by atoms with Crippen molar-refractivity contribution >= 4 is 17.5 Å². The van der Waals surface area contributed by atoms with Crippen LogP contribution in [0, 0.1) is 0 Å². The molecule has 7 nitrogen and oxygen atoms in total. The van der Waals surface area contributed by atoms with Crippen LogP contribution >= 0.6 is 11.6 Å². The molecular weight excluding hydrogens is 456 g/mol. The molecule has 0 aromatic heterocycles. The van der Waals surface area contributed by atoms with Crippen molar-refractivity contribution in [1.29, 1.82) is 0 Å². The van der Waals surface area contributed by atoms with Crippen molar-refractivity contribution < 1.29 is 24.5 Å². The first kappa shape index (κ1) is 23.4. The van der Waals surface area contributed by atoms with Crippen LogP contribution in [0.5, 0.6) is 11.5 Å². The average Bonchev–Trinajstić information content (AvgIpc) is 3.40. The summed E-state index contributed by atoms with van der Waals surface area (Å²) in [7, 11) is 0. The fourth-order valence-electron chi connectivity index (χ4n) is 5.21. The van der Waals surface area contributed by atoms with E-state index in [-0.39, 0.29) is 23.5 Å². The predicted molar refractivity (Wildman–Crippen MR) is 129 cm³/mol. The van der Waals surface area contributed by atoms with Gasteiger partial charge in [-0.25, -0.2) is 0 Å². The largest absolute Gasteiger partial charge is 0.490 e. The molecule has 2 saturated heterocycles. The highest BCUT2D eigenvalue weighted by molar-refractivity contribution is 6.22. The van der Waals surface area contributed by atoms with Crippen LogP contribution in [0.2, 0.25) is 0 Å². The Balaban J connectivity index is 1.13. The van der Waals surface area contributed by atoms with E-state index in [1.165, 1.54) is 0 Å². The van der Waals surface area contributed by atoms with Crippen LogP contribution in [0.4, 0.5) is 0 Å². The van der Waals surface area contributed by atoms with Crippen molar-refractivity contribution in [2.24, 2.45) is 0 Å². The Morgan fingerprint density at radius 1 is 1.15 bits per heavy atom. The number of fused-ring (bicyclic) bond motifs is 1.